The average Bonchev–Trinajstić information content (AvgIpc) is 2.81. The van der Waals surface area contributed by atoms with E-state index in [1.807, 2.05) is 4.90 Å². The molecule has 0 spiro atoms. The van der Waals surface area contributed by atoms with Crippen LogP contribution in [0.1, 0.15) is 20.7 Å². The topological polar surface area (TPSA) is 117 Å². The molecule has 0 N–H and O–H groups in total. The second-order valence-corrected chi connectivity index (χ2v) is 6.63. The number of benzene rings is 2. The van der Waals surface area contributed by atoms with Gasteiger partial charge in [0.15, 0.2) is 6.61 Å². The summed E-state index contributed by atoms with van der Waals surface area (Å²) in [6.45, 7) is 1.43. The molecule has 1 heterocycles. The number of rotatable bonds is 8. The lowest BCUT2D eigenvalue weighted by molar-refractivity contribution is -0.384. The van der Waals surface area contributed by atoms with Crippen LogP contribution >= 0.6 is 0 Å². The lowest BCUT2D eigenvalue weighted by atomic mass is 10.1. The van der Waals surface area contributed by atoms with E-state index in [9.17, 15) is 19.7 Å². The van der Waals surface area contributed by atoms with Crippen LogP contribution in [-0.2, 0) is 9.47 Å². The van der Waals surface area contributed by atoms with E-state index in [1.54, 1.807) is 12.1 Å². The summed E-state index contributed by atoms with van der Waals surface area (Å²) in [6, 6.07) is 8.75. The van der Waals surface area contributed by atoms with Crippen molar-refractivity contribution in [2.45, 2.75) is 0 Å². The van der Waals surface area contributed by atoms with Crippen LogP contribution in [0, 0.1) is 10.1 Å². The maximum atomic E-state index is 12.5. The average molecular weight is 430 g/mol. The third-order valence-corrected chi connectivity index (χ3v) is 4.80. The van der Waals surface area contributed by atoms with Gasteiger partial charge in [-0.25, -0.2) is 4.79 Å². The van der Waals surface area contributed by atoms with Gasteiger partial charge >= 0.3 is 5.97 Å². The lowest BCUT2D eigenvalue weighted by Gasteiger charge is -2.28. The molecule has 3 rings (SSSR count). The third-order valence-electron chi connectivity index (χ3n) is 4.80. The molecule has 0 aromatic heterocycles. The van der Waals surface area contributed by atoms with Crippen LogP contribution in [0.15, 0.2) is 36.4 Å². The maximum absolute atomic E-state index is 12.5. The van der Waals surface area contributed by atoms with Gasteiger partial charge in [-0.05, 0) is 24.3 Å². The fourth-order valence-corrected chi connectivity index (χ4v) is 3.19. The molecule has 0 atom stereocenters. The van der Waals surface area contributed by atoms with Crippen molar-refractivity contribution in [1.29, 1.82) is 0 Å². The summed E-state index contributed by atoms with van der Waals surface area (Å²) >= 11 is 0. The largest absolute Gasteiger partial charge is 0.497 e. The Hall–Kier alpha value is -3.66. The Morgan fingerprint density at radius 2 is 1.84 bits per heavy atom. The smallest absolute Gasteiger partial charge is 0.338 e. The van der Waals surface area contributed by atoms with Gasteiger partial charge in [-0.3, -0.25) is 14.9 Å². The first kappa shape index (κ1) is 22.0. The highest BCUT2D eigenvalue weighted by Gasteiger charge is 2.24. The normalized spacial score (nSPS) is 13.4. The second-order valence-electron chi connectivity index (χ2n) is 6.63. The number of anilines is 1. The summed E-state index contributed by atoms with van der Waals surface area (Å²) in [7, 11) is 2.90. The SMILES string of the molecule is COc1ccc(C(=O)COC(=O)c2ccc(N3CCOCC3)c([N+](=O)[O-])c2)c(OC)c1. The highest BCUT2D eigenvalue weighted by atomic mass is 16.6. The highest BCUT2D eigenvalue weighted by molar-refractivity contribution is 6.01. The van der Waals surface area contributed by atoms with Gasteiger partial charge in [0.05, 0.1) is 43.5 Å². The molecule has 0 radical (unpaired) electrons. The van der Waals surface area contributed by atoms with E-state index in [1.165, 1.54) is 32.4 Å². The molecule has 2 aromatic rings. The van der Waals surface area contributed by atoms with Gasteiger partial charge in [0.1, 0.15) is 17.2 Å². The van der Waals surface area contributed by atoms with Crippen LogP contribution in [-0.4, -0.2) is 63.8 Å². The minimum absolute atomic E-state index is 0.0156. The molecule has 0 bridgehead atoms. The molecule has 1 aliphatic rings. The number of carbonyl (C=O) groups is 2. The molecule has 31 heavy (non-hydrogen) atoms. The first-order valence-electron chi connectivity index (χ1n) is 9.48. The Morgan fingerprint density at radius 1 is 1.10 bits per heavy atom. The van der Waals surface area contributed by atoms with E-state index >= 15 is 0 Å². The standard InChI is InChI=1S/C21H22N2O8/c1-28-15-4-5-16(20(12-15)29-2)19(24)13-31-21(25)14-3-6-17(18(11-14)23(26)27)22-7-9-30-10-8-22/h3-6,11-12H,7-10,13H2,1-2H3. The van der Waals surface area contributed by atoms with Crippen molar-refractivity contribution < 1.29 is 33.5 Å². The zero-order valence-electron chi connectivity index (χ0n) is 17.2. The first-order chi connectivity index (χ1) is 14.9. The van der Waals surface area contributed by atoms with Crippen molar-refractivity contribution in [3.05, 3.63) is 57.6 Å². The van der Waals surface area contributed by atoms with Crippen molar-refractivity contribution in [2.24, 2.45) is 0 Å². The number of methoxy groups -OCH3 is 2. The predicted molar refractivity (Wildman–Crippen MR) is 110 cm³/mol. The number of esters is 1. The van der Waals surface area contributed by atoms with Crippen molar-refractivity contribution in [3.63, 3.8) is 0 Å². The van der Waals surface area contributed by atoms with E-state index in [-0.39, 0.29) is 22.6 Å². The molecule has 0 saturated carbocycles. The first-order valence-corrected chi connectivity index (χ1v) is 9.48. The van der Waals surface area contributed by atoms with Gasteiger partial charge in [0.2, 0.25) is 5.78 Å². The molecule has 0 amide bonds. The number of ether oxygens (including phenoxy) is 4. The Morgan fingerprint density at radius 3 is 2.48 bits per heavy atom. The summed E-state index contributed by atoms with van der Waals surface area (Å²) < 4.78 is 20.6. The van der Waals surface area contributed by atoms with Crippen molar-refractivity contribution in [1.82, 2.24) is 0 Å². The minimum atomic E-state index is -0.836. The molecule has 10 heteroatoms. The molecule has 1 saturated heterocycles. The number of ketones is 1. The molecule has 1 aliphatic heterocycles. The summed E-state index contributed by atoms with van der Waals surface area (Å²) in [6.07, 6.45) is 0. The van der Waals surface area contributed by atoms with Crippen LogP contribution in [0.3, 0.4) is 0 Å². The van der Waals surface area contributed by atoms with E-state index in [4.69, 9.17) is 18.9 Å². The summed E-state index contributed by atoms with van der Waals surface area (Å²) in [4.78, 5) is 37.7. The molecule has 0 unspecified atom stereocenters. The van der Waals surface area contributed by atoms with Gasteiger partial charge in [0, 0.05) is 25.2 Å². The Balaban J connectivity index is 1.72. The second kappa shape index (κ2) is 9.90. The van der Waals surface area contributed by atoms with E-state index in [0.717, 1.165) is 6.07 Å². The summed E-state index contributed by atoms with van der Waals surface area (Å²) in [5, 5.41) is 11.5. The van der Waals surface area contributed by atoms with Crippen molar-refractivity contribution in [3.8, 4) is 11.5 Å². The lowest BCUT2D eigenvalue weighted by Crippen LogP contribution is -2.36. The number of carbonyl (C=O) groups excluding carboxylic acids is 2. The Bertz CT molecular complexity index is 985. The number of nitro benzene ring substituents is 1. The van der Waals surface area contributed by atoms with E-state index in [2.05, 4.69) is 0 Å². The number of nitrogens with zero attached hydrogens (tertiary/aromatic N) is 2. The van der Waals surface area contributed by atoms with Gasteiger partial charge in [-0.2, -0.15) is 0 Å². The molecule has 0 aliphatic carbocycles. The molecule has 10 nitrogen and oxygen atoms in total. The monoisotopic (exact) mass is 430 g/mol. The Kier molecular flexibility index (Phi) is 7.03. The van der Waals surface area contributed by atoms with Gasteiger partial charge in [0.25, 0.3) is 5.69 Å². The van der Waals surface area contributed by atoms with Crippen molar-refractivity contribution >= 4 is 23.1 Å². The van der Waals surface area contributed by atoms with E-state index < -0.39 is 23.3 Å². The number of Topliss-reactive ketones (excluding diaryl/α,β-unsaturated/α-hetero) is 1. The number of hydrogen-bond donors (Lipinski definition) is 0. The quantitative estimate of drug-likeness (QED) is 0.269. The van der Waals surface area contributed by atoms with Crippen LogP contribution in [0.25, 0.3) is 0 Å². The van der Waals surface area contributed by atoms with Crippen LogP contribution in [0.5, 0.6) is 11.5 Å². The number of hydrogen-bond acceptors (Lipinski definition) is 9. The minimum Gasteiger partial charge on any atom is -0.497 e. The van der Waals surface area contributed by atoms with Gasteiger partial charge in [-0.15, -0.1) is 0 Å². The number of morpholine rings is 1. The fraction of sp³-hybridized carbons (Fsp3) is 0.333. The Labute approximate surface area is 178 Å². The zero-order valence-corrected chi connectivity index (χ0v) is 17.2. The van der Waals surface area contributed by atoms with Crippen LogP contribution < -0.4 is 14.4 Å². The molecule has 1 fully saturated rings. The fourth-order valence-electron chi connectivity index (χ4n) is 3.19. The zero-order chi connectivity index (χ0) is 22.4. The van der Waals surface area contributed by atoms with Gasteiger partial charge in [-0.1, -0.05) is 0 Å². The molecular weight excluding hydrogens is 408 g/mol. The number of nitro groups is 1. The maximum Gasteiger partial charge on any atom is 0.338 e. The highest BCUT2D eigenvalue weighted by Crippen LogP contribution is 2.30. The van der Waals surface area contributed by atoms with Gasteiger partial charge < -0.3 is 23.8 Å². The third kappa shape index (κ3) is 5.10. The summed E-state index contributed by atoms with van der Waals surface area (Å²) in [5.74, 6) is -0.520. The van der Waals surface area contributed by atoms with E-state index in [0.29, 0.717) is 37.7 Å². The summed E-state index contributed by atoms with van der Waals surface area (Å²) in [5.41, 5.74) is 0.409. The predicted octanol–water partition coefficient (Wildman–Crippen LogP) is 2.49. The van der Waals surface area contributed by atoms with Crippen LogP contribution in [0.4, 0.5) is 11.4 Å². The van der Waals surface area contributed by atoms with Crippen molar-refractivity contribution in [2.75, 3.05) is 52.0 Å². The molecular formula is C21H22N2O8. The molecule has 164 valence electrons. The van der Waals surface area contributed by atoms with Crippen LogP contribution in [0.2, 0.25) is 0 Å². The molecule has 2 aromatic carbocycles.